The van der Waals surface area contributed by atoms with Crippen LogP contribution in [-0.4, -0.2) is 9.13 Å². The highest BCUT2D eigenvalue weighted by atomic mass is 32.1. The summed E-state index contributed by atoms with van der Waals surface area (Å²) in [6.45, 7) is 2.18. The monoisotopic (exact) mass is 274 g/mol. The number of aromatic nitrogens is 2. The van der Waals surface area contributed by atoms with Crippen molar-refractivity contribution in [2.24, 2.45) is 14.1 Å². The van der Waals surface area contributed by atoms with E-state index in [-0.39, 0.29) is 0 Å². The van der Waals surface area contributed by atoms with E-state index in [2.05, 4.69) is 40.3 Å². The predicted octanol–water partition coefficient (Wildman–Crippen LogP) is 4.28. The van der Waals surface area contributed by atoms with Crippen LogP contribution in [0.5, 0.6) is 0 Å². The third-order valence-electron chi connectivity index (χ3n) is 3.35. The van der Waals surface area contributed by atoms with E-state index in [9.17, 15) is 0 Å². The van der Waals surface area contributed by atoms with Crippen LogP contribution in [0, 0.1) is 11.7 Å². The van der Waals surface area contributed by atoms with Crippen molar-refractivity contribution in [1.82, 2.24) is 9.13 Å². The summed E-state index contributed by atoms with van der Waals surface area (Å²) in [5, 5.41) is 0. The van der Waals surface area contributed by atoms with E-state index in [1.54, 1.807) is 0 Å². The second-order valence-corrected chi connectivity index (χ2v) is 5.84. The molecule has 0 aliphatic carbocycles. The second-order valence-electron chi connectivity index (χ2n) is 4.48. The first-order chi connectivity index (χ1) is 8.61. The van der Waals surface area contributed by atoms with Gasteiger partial charge in [0.2, 0.25) is 0 Å². The maximum Gasteiger partial charge on any atom is 0.180 e. The summed E-state index contributed by atoms with van der Waals surface area (Å²) >= 11 is 7.22. The summed E-state index contributed by atoms with van der Waals surface area (Å²) in [7, 11) is 4.08. The Morgan fingerprint density at radius 3 is 2.33 bits per heavy atom. The Kier molecular flexibility index (Phi) is 2.64. The zero-order valence-electron chi connectivity index (χ0n) is 10.6. The average Bonchev–Trinajstić information content (AvgIpc) is 2.84. The van der Waals surface area contributed by atoms with Crippen molar-refractivity contribution in [2.75, 3.05) is 0 Å². The minimum absolute atomic E-state index is 0.874. The van der Waals surface area contributed by atoms with Crippen LogP contribution in [-0.2, 0) is 14.1 Å². The molecule has 0 saturated carbocycles. The number of rotatable bonds is 1. The number of hydrogen-bond donors (Lipinski definition) is 0. The molecule has 3 rings (SSSR count). The highest BCUT2D eigenvalue weighted by Crippen LogP contribution is 2.38. The summed E-state index contributed by atoms with van der Waals surface area (Å²) in [5.74, 6) is 0. The predicted molar refractivity (Wildman–Crippen MR) is 80.8 cm³/mol. The zero-order chi connectivity index (χ0) is 12.9. The quantitative estimate of drug-likeness (QED) is 0.602. The van der Waals surface area contributed by atoms with Crippen molar-refractivity contribution in [1.29, 1.82) is 0 Å². The van der Waals surface area contributed by atoms with Crippen LogP contribution in [0.3, 0.4) is 0 Å². The third-order valence-corrected chi connectivity index (χ3v) is 5.30. The Morgan fingerprint density at radius 2 is 1.72 bits per heavy atom. The molecule has 0 aliphatic rings. The van der Waals surface area contributed by atoms with Gasteiger partial charge in [-0.15, -0.1) is 11.3 Å². The molecule has 1 aromatic carbocycles. The van der Waals surface area contributed by atoms with Crippen molar-refractivity contribution in [3.8, 4) is 10.4 Å². The minimum atomic E-state index is 0.874. The average molecular weight is 274 g/mol. The molecule has 2 nitrogen and oxygen atoms in total. The first-order valence-corrected chi connectivity index (χ1v) is 7.04. The van der Waals surface area contributed by atoms with Crippen molar-refractivity contribution >= 4 is 33.9 Å². The van der Waals surface area contributed by atoms with Gasteiger partial charge in [0.05, 0.1) is 5.52 Å². The molecule has 0 unspecified atom stereocenters. The van der Waals surface area contributed by atoms with Gasteiger partial charge in [0, 0.05) is 19.0 Å². The van der Waals surface area contributed by atoms with Gasteiger partial charge >= 0.3 is 0 Å². The first-order valence-electron chi connectivity index (χ1n) is 5.81. The lowest BCUT2D eigenvalue weighted by atomic mass is 10.1. The molecule has 0 N–H and O–H groups in total. The Bertz CT molecular complexity index is 776. The summed E-state index contributed by atoms with van der Waals surface area (Å²) in [6.07, 6.45) is 0. The Hall–Kier alpha value is -1.39. The van der Waals surface area contributed by atoms with Gasteiger partial charge in [0.15, 0.2) is 4.77 Å². The molecular formula is C14H14N2S2. The fraction of sp³-hybridized carbons (Fsp3) is 0.214. The van der Waals surface area contributed by atoms with E-state index < -0.39 is 0 Å². The maximum absolute atomic E-state index is 5.40. The fourth-order valence-corrected chi connectivity index (χ4v) is 3.93. The summed E-state index contributed by atoms with van der Waals surface area (Å²) in [6, 6.07) is 10.5. The van der Waals surface area contributed by atoms with E-state index in [0.29, 0.717) is 0 Å². The van der Waals surface area contributed by atoms with Crippen LogP contribution >= 0.6 is 23.6 Å². The molecule has 0 saturated heterocycles. The molecule has 0 fully saturated rings. The Labute approximate surface area is 115 Å². The molecule has 2 aromatic heterocycles. The Morgan fingerprint density at radius 1 is 1.06 bits per heavy atom. The van der Waals surface area contributed by atoms with Gasteiger partial charge in [-0.25, -0.2) is 0 Å². The number of fused-ring (bicyclic) bond motifs is 1. The number of thiophene rings is 1. The number of aryl methyl sites for hydroxylation is 3. The van der Waals surface area contributed by atoms with Gasteiger partial charge in [-0.1, -0.05) is 30.3 Å². The largest absolute Gasteiger partial charge is 0.319 e. The molecule has 18 heavy (non-hydrogen) atoms. The molecule has 0 bridgehead atoms. The Balaban J connectivity index is 2.38. The first kappa shape index (κ1) is 11.7. The van der Waals surface area contributed by atoms with Gasteiger partial charge in [0.1, 0.15) is 4.83 Å². The van der Waals surface area contributed by atoms with Crippen LogP contribution in [0.4, 0.5) is 0 Å². The third kappa shape index (κ3) is 1.49. The van der Waals surface area contributed by atoms with Gasteiger partial charge in [0.25, 0.3) is 0 Å². The summed E-state index contributed by atoms with van der Waals surface area (Å²) < 4.78 is 5.07. The van der Waals surface area contributed by atoms with Gasteiger partial charge in [-0.2, -0.15) is 0 Å². The highest BCUT2D eigenvalue weighted by Gasteiger charge is 2.16. The van der Waals surface area contributed by atoms with Crippen molar-refractivity contribution in [3.05, 3.63) is 40.7 Å². The van der Waals surface area contributed by atoms with Crippen molar-refractivity contribution < 1.29 is 0 Å². The normalized spacial score (nSPS) is 11.3. The van der Waals surface area contributed by atoms with E-state index in [1.807, 2.05) is 31.5 Å². The number of benzene rings is 1. The van der Waals surface area contributed by atoms with Gasteiger partial charge < -0.3 is 9.13 Å². The van der Waals surface area contributed by atoms with E-state index in [0.717, 1.165) is 4.77 Å². The molecule has 4 heteroatoms. The molecular weight excluding hydrogens is 260 g/mol. The van der Waals surface area contributed by atoms with Gasteiger partial charge in [-0.05, 0) is 30.3 Å². The van der Waals surface area contributed by atoms with E-state index in [1.165, 1.54) is 26.4 Å². The van der Waals surface area contributed by atoms with Crippen molar-refractivity contribution in [2.45, 2.75) is 6.92 Å². The minimum Gasteiger partial charge on any atom is -0.319 e. The standard InChI is InChI=1S/C14H14N2S2/c1-9-11-13(16(3)14(17)15(11)2)18-12(9)10-7-5-4-6-8-10/h4-8H,1-3H3. The highest BCUT2D eigenvalue weighted by molar-refractivity contribution is 7.71. The number of imidazole rings is 1. The van der Waals surface area contributed by atoms with Crippen LogP contribution < -0.4 is 0 Å². The second kappa shape index (κ2) is 4.07. The smallest absolute Gasteiger partial charge is 0.180 e. The lowest BCUT2D eigenvalue weighted by molar-refractivity contribution is 0.834. The maximum atomic E-state index is 5.40. The van der Waals surface area contributed by atoms with Crippen LogP contribution in [0.25, 0.3) is 20.8 Å². The molecule has 0 spiro atoms. The molecule has 92 valence electrons. The molecule has 3 aromatic rings. The van der Waals surface area contributed by atoms with Gasteiger partial charge in [-0.3, -0.25) is 0 Å². The molecule has 0 atom stereocenters. The lowest BCUT2D eigenvalue weighted by Crippen LogP contribution is -1.92. The molecule has 2 heterocycles. The number of nitrogens with zero attached hydrogens (tertiary/aromatic N) is 2. The van der Waals surface area contributed by atoms with E-state index >= 15 is 0 Å². The van der Waals surface area contributed by atoms with E-state index in [4.69, 9.17) is 12.2 Å². The zero-order valence-corrected chi connectivity index (χ0v) is 12.2. The molecule has 0 aliphatic heterocycles. The van der Waals surface area contributed by atoms with Crippen molar-refractivity contribution in [3.63, 3.8) is 0 Å². The summed E-state index contributed by atoms with van der Waals surface area (Å²) in [5.41, 5.74) is 3.85. The molecule has 0 amide bonds. The SMILES string of the molecule is Cc1c(-c2ccccc2)sc2c1n(C)c(=S)n2C. The fourth-order valence-electron chi connectivity index (χ4n) is 2.38. The van der Waals surface area contributed by atoms with Crippen LogP contribution in [0.2, 0.25) is 0 Å². The van der Waals surface area contributed by atoms with Crippen LogP contribution in [0.1, 0.15) is 5.56 Å². The lowest BCUT2D eigenvalue weighted by Gasteiger charge is -2.00. The topological polar surface area (TPSA) is 9.86 Å². The van der Waals surface area contributed by atoms with Crippen LogP contribution in [0.15, 0.2) is 30.3 Å². The molecule has 0 radical (unpaired) electrons. The number of hydrogen-bond acceptors (Lipinski definition) is 2. The summed E-state index contributed by atoms with van der Waals surface area (Å²) in [4.78, 5) is 2.58.